The van der Waals surface area contributed by atoms with Gasteiger partial charge in [0, 0.05) is 11.3 Å². The molecule has 2 aromatic carbocycles. The van der Waals surface area contributed by atoms with Crippen molar-refractivity contribution in [2.75, 3.05) is 5.32 Å². The summed E-state index contributed by atoms with van der Waals surface area (Å²) < 4.78 is 39.1. The Bertz CT molecular complexity index is 1210. The number of carbonyl (C=O) groups excluding carboxylic acids is 1. The molecule has 172 valence electrons. The molecule has 8 heteroatoms. The van der Waals surface area contributed by atoms with Crippen molar-refractivity contribution in [3.05, 3.63) is 65.4 Å². The summed E-state index contributed by atoms with van der Waals surface area (Å²) in [7, 11) is 0. The van der Waals surface area contributed by atoms with Crippen molar-refractivity contribution in [2.24, 2.45) is 0 Å². The number of benzene rings is 2. The molecule has 1 unspecified atom stereocenters. The second kappa shape index (κ2) is 8.84. The molecule has 3 aromatic rings. The van der Waals surface area contributed by atoms with E-state index < -0.39 is 18.6 Å². The number of ether oxygens (including phenoxy) is 2. The lowest BCUT2D eigenvalue weighted by Gasteiger charge is -2.32. The first kappa shape index (κ1) is 21.4. The van der Waals surface area contributed by atoms with E-state index in [4.69, 9.17) is 9.47 Å². The highest BCUT2D eigenvalue weighted by Gasteiger charge is 2.37. The zero-order chi connectivity index (χ0) is 22.9. The van der Waals surface area contributed by atoms with Crippen LogP contribution in [0.15, 0.2) is 59.8 Å². The van der Waals surface area contributed by atoms with Crippen molar-refractivity contribution in [1.82, 2.24) is 9.55 Å². The van der Waals surface area contributed by atoms with Gasteiger partial charge in [0.05, 0.1) is 22.6 Å². The summed E-state index contributed by atoms with van der Waals surface area (Å²) in [6, 6.07) is 13.3. The van der Waals surface area contributed by atoms with Gasteiger partial charge < -0.3 is 14.8 Å². The summed E-state index contributed by atoms with van der Waals surface area (Å²) in [6.07, 6.45) is 4.72. The van der Waals surface area contributed by atoms with Crippen molar-refractivity contribution >= 4 is 23.0 Å². The van der Waals surface area contributed by atoms with E-state index in [9.17, 15) is 13.6 Å². The van der Waals surface area contributed by atoms with Crippen LogP contribution in [0.5, 0.6) is 5.75 Å². The first-order chi connectivity index (χ1) is 16.0. The third-order valence-corrected chi connectivity index (χ3v) is 6.31. The number of hydrogen-bond acceptors (Lipinski definition) is 5. The first-order valence-electron chi connectivity index (χ1n) is 11.2. The molecule has 1 aliphatic carbocycles. The quantitative estimate of drug-likeness (QED) is 0.495. The number of carbonyl (C=O) groups is 1. The van der Waals surface area contributed by atoms with E-state index >= 15 is 0 Å². The van der Waals surface area contributed by atoms with Crippen LogP contribution in [0.4, 0.5) is 14.7 Å². The lowest BCUT2D eigenvalue weighted by atomic mass is 9.93. The SMILES string of the molecule is CC1=C(C(=O)OC2CCCCC2)C(c2ccccc2OC(F)F)n2c(nc3ccccc32)N1. The molecule has 1 atom stereocenters. The predicted octanol–water partition coefficient (Wildman–Crippen LogP) is 5.80. The highest BCUT2D eigenvalue weighted by Crippen LogP contribution is 2.43. The number of aromatic nitrogens is 2. The van der Waals surface area contributed by atoms with Crippen LogP contribution < -0.4 is 10.1 Å². The molecule has 1 N–H and O–H groups in total. The van der Waals surface area contributed by atoms with Crippen LogP contribution in [-0.4, -0.2) is 28.2 Å². The number of hydrogen-bond donors (Lipinski definition) is 1. The van der Waals surface area contributed by atoms with Crippen LogP contribution in [0.1, 0.15) is 50.6 Å². The van der Waals surface area contributed by atoms with Crippen LogP contribution in [0.3, 0.4) is 0 Å². The number of nitrogens with zero attached hydrogens (tertiary/aromatic N) is 2. The fraction of sp³-hybridized carbons (Fsp3) is 0.360. The van der Waals surface area contributed by atoms with E-state index in [1.165, 1.54) is 6.07 Å². The Morgan fingerprint density at radius 2 is 1.82 bits per heavy atom. The smallest absolute Gasteiger partial charge is 0.387 e. The van der Waals surface area contributed by atoms with Crippen molar-refractivity contribution in [3.8, 4) is 5.75 Å². The van der Waals surface area contributed by atoms with E-state index in [-0.39, 0.29) is 11.9 Å². The lowest BCUT2D eigenvalue weighted by molar-refractivity contribution is -0.146. The number of anilines is 1. The summed E-state index contributed by atoms with van der Waals surface area (Å²) in [5.74, 6) is 0.0887. The molecule has 0 radical (unpaired) electrons. The van der Waals surface area contributed by atoms with Gasteiger partial charge in [-0.1, -0.05) is 36.8 Å². The van der Waals surface area contributed by atoms with Crippen LogP contribution in [-0.2, 0) is 9.53 Å². The minimum atomic E-state index is -2.99. The normalized spacial score (nSPS) is 18.8. The Balaban J connectivity index is 1.65. The molecule has 0 saturated heterocycles. The maximum Gasteiger partial charge on any atom is 0.387 e. The number of imidazole rings is 1. The predicted molar refractivity (Wildman–Crippen MR) is 120 cm³/mol. The summed E-state index contributed by atoms with van der Waals surface area (Å²) in [5, 5.41) is 3.22. The van der Waals surface area contributed by atoms with Gasteiger partial charge in [-0.25, -0.2) is 9.78 Å². The largest absolute Gasteiger partial charge is 0.459 e. The molecular formula is C25H25F2N3O3. The Labute approximate surface area is 190 Å². The topological polar surface area (TPSA) is 65.4 Å². The molecule has 1 fully saturated rings. The molecule has 0 bridgehead atoms. The van der Waals surface area contributed by atoms with E-state index in [1.54, 1.807) is 25.1 Å². The number of allylic oxidation sites excluding steroid dienone is 1. The van der Waals surface area contributed by atoms with Gasteiger partial charge in [0.15, 0.2) is 0 Å². The van der Waals surface area contributed by atoms with Crippen molar-refractivity contribution < 1.29 is 23.0 Å². The zero-order valence-corrected chi connectivity index (χ0v) is 18.3. The lowest BCUT2D eigenvalue weighted by Crippen LogP contribution is -2.31. The Kier molecular flexibility index (Phi) is 5.74. The third-order valence-electron chi connectivity index (χ3n) is 6.31. The molecule has 0 spiro atoms. The molecule has 6 nitrogen and oxygen atoms in total. The van der Waals surface area contributed by atoms with Gasteiger partial charge in [-0.3, -0.25) is 4.57 Å². The maximum absolute atomic E-state index is 13.5. The van der Waals surface area contributed by atoms with E-state index in [2.05, 4.69) is 10.3 Å². The summed E-state index contributed by atoms with van der Waals surface area (Å²) in [5.41, 5.74) is 2.88. The summed E-state index contributed by atoms with van der Waals surface area (Å²) in [6.45, 7) is -1.21. The van der Waals surface area contributed by atoms with Gasteiger partial charge in [-0.15, -0.1) is 0 Å². The molecule has 33 heavy (non-hydrogen) atoms. The molecule has 2 aliphatic rings. The van der Waals surface area contributed by atoms with E-state index in [1.807, 2.05) is 28.8 Å². The number of nitrogens with one attached hydrogen (secondary N) is 1. The Morgan fingerprint density at radius 1 is 1.09 bits per heavy atom. The molecule has 1 saturated carbocycles. The van der Waals surface area contributed by atoms with Gasteiger partial charge >= 0.3 is 12.6 Å². The standard InChI is InChI=1S/C25H25F2N3O3/c1-15-21(23(31)32-16-9-3-2-4-10-16)22(17-11-5-8-14-20(17)33-24(26)27)30-19-13-7-6-12-18(19)29-25(30)28-15/h5-8,11-14,16,22,24H,2-4,9-10H2,1H3,(H,28,29). The minimum absolute atomic E-state index is 0.0129. The number of esters is 1. The van der Waals surface area contributed by atoms with E-state index in [0.29, 0.717) is 22.8 Å². The second-order valence-electron chi connectivity index (χ2n) is 8.44. The average molecular weight is 453 g/mol. The van der Waals surface area contributed by atoms with E-state index in [0.717, 1.165) is 43.1 Å². The van der Waals surface area contributed by atoms with Gasteiger partial charge in [0.25, 0.3) is 0 Å². The molecule has 1 aliphatic heterocycles. The number of halogens is 2. The first-order valence-corrected chi connectivity index (χ1v) is 11.2. The van der Waals surface area contributed by atoms with Crippen LogP contribution in [0.25, 0.3) is 11.0 Å². The minimum Gasteiger partial charge on any atom is -0.459 e. The van der Waals surface area contributed by atoms with Gasteiger partial charge in [0.1, 0.15) is 11.9 Å². The summed E-state index contributed by atoms with van der Waals surface area (Å²) in [4.78, 5) is 18.2. The monoisotopic (exact) mass is 453 g/mol. The Hall–Kier alpha value is -3.42. The fourth-order valence-corrected chi connectivity index (χ4v) is 4.83. The number of fused-ring (bicyclic) bond motifs is 3. The van der Waals surface area contributed by atoms with Gasteiger partial charge in [0.2, 0.25) is 5.95 Å². The number of alkyl halides is 2. The number of para-hydroxylation sites is 3. The molecule has 5 rings (SSSR count). The zero-order valence-electron chi connectivity index (χ0n) is 18.3. The van der Waals surface area contributed by atoms with Gasteiger partial charge in [-0.2, -0.15) is 8.78 Å². The van der Waals surface area contributed by atoms with Gasteiger partial charge in [-0.05, 0) is 50.8 Å². The third kappa shape index (κ3) is 4.05. The van der Waals surface area contributed by atoms with Crippen molar-refractivity contribution in [1.29, 1.82) is 0 Å². The highest BCUT2D eigenvalue weighted by molar-refractivity contribution is 5.94. The second-order valence-corrected chi connectivity index (χ2v) is 8.44. The van der Waals surface area contributed by atoms with Crippen LogP contribution in [0.2, 0.25) is 0 Å². The maximum atomic E-state index is 13.5. The summed E-state index contributed by atoms with van der Waals surface area (Å²) >= 11 is 0. The average Bonchev–Trinajstić information content (AvgIpc) is 3.16. The van der Waals surface area contributed by atoms with Crippen molar-refractivity contribution in [3.63, 3.8) is 0 Å². The van der Waals surface area contributed by atoms with Crippen LogP contribution >= 0.6 is 0 Å². The highest BCUT2D eigenvalue weighted by atomic mass is 19.3. The molecule has 1 aromatic heterocycles. The Morgan fingerprint density at radius 3 is 2.61 bits per heavy atom. The molecule has 2 heterocycles. The number of rotatable bonds is 5. The fourth-order valence-electron chi connectivity index (χ4n) is 4.83. The van der Waals surface area contributed by atoms with Crippen LogP contribution in [0, 0.1) is 0 Å². The molecule has 0 amide bonds. The molecular weight excluding hydrogens is 428 g/mol. The van der Waals surface area contributed by atoms with Crippen molar-refractivity contribution in [2.45, 2.75) is 57.8 Å².